The van der Waals surface area contributed by atoms with Gasteiger partial charge in [-0.3, -0.25) is 9.10 Å². The van der Waals surface area contributed by atoms with E-state index in [-0.39, 0.29) is 12.5 Å². The molecule has 0 aliphatic rings. The lowest BCUT2D eigenvalue weighted by Gasteiger charge is -2.24. The Hall–Kier alpha value is -1.70. The molecule has 0 spiro atoms. The van der Waals surface area contributed by atoms with Gasteiger partial charge in [0.15, 0.2) is 0 Å². The molecule has 0 saturated carbocycles. The lowest BCUT2D eigenvalue weighted by atomic mass is 10.1. The minimum atomic E-state index is -3.56. The topological polar surface area (TPSA) is 66.5 Å². The normalized spacial score (nSPS) is 11.3. The fourth-order valence-corrected chi connectivity index (χ4v) is 4.73. The second-order valence-corrected chi connectivity index (χ2v) is 10.1. The molecule has 0 aromatic heterocycles. The lowest BCUT2D eigenvalue weighted by Crippen LogP contribution is -2.41. The average Bonchev–Trinajstić information content (AvgIpc) is 2.69. The van der Waals surface area contributed by atoms with Crippen molar-refractivity contribution in [2.45, 2.75) is 25.5 Å². The van der Waals surface area contributed by atoms with Crippen molar-refractivity contribution in [2.75, 3.05) is 29.4 Å². The SMILES string of the molecule is CCc1ccccc1N(CC(=O)NCCCSCc1ccc(Cl)cc1)S(C)(=O)=O. The Kier molecular flexibility index (Phi) is 9.33. The Labute approximate surface area is 182 Å². The molecule has 0 saturated heterocycles. The van der Waals surface area contributed by atoms with Gasteiger partial charge in [0.05, 0.1) is 11.9 Å². The van der Waals surface area contributed by atoms with E-state index in [1.807, 2.05) is 43.3 Å². The number of hydrogen-bond donors (Lipinski definition) is 1. The molecule has 0 aliphatic carbocycles. The van der Waals surface area contributed by atoms with Crippen LogP contribution in [-0.4, -0.2) is 39.4 Å². The van der Waals surface area contributed by atoms with Crippen LogP contribution in [0.2, 0.25) is 5.02 Å². The predicted octanol–water partition coefficient (Wildman–Crippen LogP) is 4.11. The van der Waals surface area contributed by atoms with Gasteiger partial charge in [-0.15, -0.1) is 0 Å². The summed E-state index contributed by atoms with van der Waals surface area (Å²) in [5, 5.41) is 3.55. The monoisotopic (exact) mass is 454 g/mol. The predicted molar refractivity (Wildman–Crippen MR) is 123 cm³/mol. The first-order valence-electron chi connectivity index (χ1n) is 9.45. The summed E-state index contributed by atoms with van der Waals surface area (Å²) in [6.45, 7) is 2.26. The number of nitrogens with zero attached hydrogens (tertiary/aromatic N) is 1. The van der Waals surface area contributed by atoms with E-state index >= 15 is 0 Å². The Morgan fingerprint density at radius 1 is 1.14 bits per heavy atom. The third kappa shape index (κ3) is 7.91. The van der Waals surface area contributed by atoms with Gasteiger partial charge in [0.25, 0.3) is 0 Å². The first-order chi connectivity index (χ1) is 13.8. The zero-order chi connectivity index (χ0) is 21.3. The fraction of sp³-hybridized carbons (Fsp3) is 0.381. The molecule has 2 aromatic rings. The van der Waals surface area contributed by atoms with Gasteiger partial charge in [-0.2, -0.15) is 11.8 Å². The van der Waals surface area contributed by atoms with Crippen LogP contribution in [-0.2, 0) is 27.0 Å². The second-order valence-electron chi connectivity index (χ2n) is 6.63. The maximum atomic E-state index is 12.3. The van der Waals surface area contributed by atoms with Crippen molar-refractivity contribution in [2.24, 2.45) is 0 Å². The van der Waals surface area contributed by atoms with Crippen molar-refractivity contribution in [3.8, 4) is 0 Å². The molecule has 2 aromatic carbocycles. The van der Waals surface area contributed by atoms with E-state index in [2.05, 4.69) is 5.32 Å². The van der Waals surface area contributed by atoms with Crippen LogP contribution in [0.5, 0.6) is 0 Å². The molecule has 29 heavy (non-hydrogen) atoms. The van der Waals surface area contributed by atoms with Gasteiger partial charge in [0, 0.05) is 17.3 Å². The molecular formula is C21H27ClN2O3S2. The number of benzene rings is 2. The van der Waals surface area contributed by atoms with Crippen LogP contribution in [0.15, 0.2) is 48.5 Å². The summed E-state index contributed by atoms with van der Waals surface area (Å²) in [4.78, 5) is 12.3. The van der Waals surface area contributed by atoms with E-state index in [4.69, 9.17) is 11.6 Å². The number of hydrogen-bond acceptors (Lipinski definition) is 4. The first-order valence-corrected chi connectivity index (χ1v) is 12.8. The van der Waals surface area contributed by atoms with E-state index in [0.717, 1.165) is 34.8 Å². The van der Waals surface area contributed by atoms with E-state index in [9.17, 15) is 13.2 Å². The largest absolute Gasteiger partial charge is 0.354 e. The van der Waals surface area contributed by atoms with Gasteiger partial charge < -0.3 is 5.32 Å². The lowest BCUT2D eigenvalue weighted by molar-refractivity contribution is -0.119. The molecule has 0 atom stereocenters. The smallest absolute Gasteiger partial charge is 0.240 e. The highest BCUT2D eigenvalue weighted by atomic mass is 35.5. The number of carbonyl (C=O) groups is 1. The van der Waals surface area contributed by atoms with Crippen LogP contribution in [0.25, 0.3) is 0 Å². The molecule has 2 rings (SSSR count). The summed E-state index contributed by atoms with van der Waals surface area (Å²) in [6, 6.07) is 15.0. The van der Waals surface area contributed by atoms with Gasteiger partial charge in [-0.25, -0.2) is 8.42 Å². The molecule has 8 heteroatoms. The minimum Gasteiger partial charge on any atom is -0.354 e. The molecule has 5 nitrogen and oxygen atoms in total. The summed E-state index contributed by atoms with van der Waals surface area (Å²) in [6.07, 6.45) is 2.63. The molecule has 0 radical (unpaired) electrons. The number of para-hydroxylation sites is 1. The number of halogens is 1. The number of anilines is 1. The zero-order valence-corrected chi connectivity index (χ0v) is 19.1. The van der Waals surface area contributed by atoms with E-state index in [0.29, 0.717) is 18.7 Å². The van der Waals surface area contributed by atoms with Crippen LogP contribution < -0.4 is 9.62 Å². The van der Waals surface area contributed by atoms with Gasteiger partial charge in [-0.1, -0.05) is 48.9 Å². The van der Waals surface area contributed by atoms with Crippen molar-refractivity contribution in [3.63, 3.8) is 0 Å². The second kappa shape index (κ2) is 11.5. The first kappa shape index (κ1) is 23.6. The highest BCUT2D eigenvalue weighted by Gasteiger charge is 2.22. The third-order valence-corrected chi connectivity index (χ3v) is 6.79. The molecule has 0 aliphatic heterocycles. The summed E-state index contributed by atoms with van der Waals surface area (Å²) < 4.78 is 25.7. The van der Waals surface area contributed by atoms with Crippen molar-refractivity contribution in [3.05, 3.63) is 64.7 Å². The van der Waals surface area contributed by atoms with Crippen molar-refractivity contribution >= 4 is 45.0 Å². The number of carbonyl (C=O) groups excluding carboxylic acids is 1. The Morgan fingerprint density at radius 3 is 2.48 bits per heavy atom. The van der Waals surface area contributed by atoms with E-state index in [1.165, 1.54) is 9.87 Å². The molecular weight excluding hydrogens is 428 g/mol. The van der Waals surface area contributed by atoms with Crippen molar-refractivity contribution in [1.29, 1.82) is 0 Å². The highest BCUT2D eigenvalue weighted by molar-refractivity contribution is 7.98. The zero-order valence-electron chi connectivity index (χ0n) is 16.7. The Morgan fingerprint density at radius 2 is 1.83 bits per heavy atom. The van der Waals surface area contributed by atoms with Crippen molar-refractivity contribution < 1.29 is 13.2 Å². The maximum Gasteiger partial charge on any atom is 0.240 e. The van der Waals surface area contributed by atoms with Gasteiger partial charge in [0.1, 0.15) is 6.54 Å². The Balaban J connectivity index is 1.79. The number of sulfonamides is 1. The van der Waals surface area contributed by atoms with Crippen LogP contribution in [0.4, 0.5) is 5.69 Å². The number of amides is 1. The number of rotatable bonds is 11. The molecule has 0 unspecified atom stereocenters. The summed E-state index contributed by atoms with van der Waals surface area (Å²) in [7, 11) is -3.56. The van der Waals surface area contributed by atoms with Gasteiger partial charge in [-0.05, 0) is 47.9 Å². The number of thioether (sulfide) groups is 1. The molecule has 1 N–H and O–H groups in total. The highest BCUT2D eigenvalue weighted by Crippen LogP contribution is 2.23. The molecule has 0 heterocycles. The fourth-order valence-electron chi connectivity index (χ4n) is 2.79. The standard InChI is InChI=1S/C21H27ClN2O3S2/c1-3-18-7-4-5-8-20(18)24(29(2,26)27)15-21(25)23-13-6-14-28-16-17-9-11-19(22)12-10-17/h4-5,7-12H,3,6,13-16H2,1-2H3,(H,23,25). The van der Waals surface area contributed by atoms with E-state index in [1.54, 1.807) is 23.9 Å². The number of aryl methyl sites for hydroxylation is 1. The van der Waals surface area contributed by atoms with Crippen LogP contribution in [0.3, 0.4) is 0 Å². The molecule has 0 bridgehead atoms. The van der Waals surface area contributed by atoms with Gasteiger partial charge in [0.2, 0.25) is 15.9 Å². The summed E-state index contributed by atoms with van der Waals surface area (Å²) >= 11 is 7.66. The Bertz CT molecular complexity index is 902. The average molecular weight is 455 g/mol. The van der Waals surface area contributed by atoms with Crippen LogP contribution in [0.1, 0.15) is 24.5 Å². The molecule has 0 fully saturated rings. The molecule has 158 valence electrons. The molecule has 1 amide bonds. The van der Waals surface area contributed by atoms with Crippen molar-refractivity contribution in [1.82, 2.24) is 5.32 Å². The third-order valence-electron chi connectivity index (χ3n) is 4.30. The summed E-state index contributed by atoms with van der Waals surface area (Å²) in [5.41, 5.74) is 2.66. The van der Waals surface area contributed by atoms with Crippen LogP contribution in [0, 0.1) is 0 Å². The maximum absolute atomic E-state index is 12.3. The minimum absolute atomic E-state index is 0.215. The van der Waals surface area contributed by atoms with E-state index < -0.39 is 10.0 Å². The number of nitrogens with one attached hydrogen (secondary N) is 1. The summed E-state index contributed by atoms with van der Waals surface area (Å²) in [5.74, 6) is 1.49. The van der Waals surface area contributed by atoms with Gasteiger partial charge >= 0.3 is 0 Å². The van der Waals surface area contributed by atoms with Crippen LogP contribution >= 0.6 is 23.4 Å². The quantitative estimate of drug-likeness (QED) is 0.519.